The van der Waals surface area contributed by atoms with Gasteiger partial charge in [-0.15, -0.1) is 11.3 Å². The second-order valence-electron chi connectivity index (χ2n) is 4.44. The molecule has 7 nitrogen and oxygen atoms in total. The van der Waals surface area contributed by atoms with Crippen LogP contribution < -0.4 is 5.32 Å². The van der Waals surface area contributed by atoms with Gasteiger partial charge in [0.05, 0.1) is 36.4 Å². The molecule has 1 amide bonds. The minimum atomic E-state index is -1.02. The van der Waals surface area contributed by atoms with Gasteiger partial charge in [-0.3, -0.25) is 4.79 Å². The van der Waals surface area contributed by atoms with Crippen LogP contribution in [0, 0.1) is 0 Å². The fourth-order valence-corrected chi connectivity index (χ4v) is 2.54. The van der Waals surface area contributed by atoms with Crippen molar-refractivity contribution in [2.24, 2.45) is 0 Å². The molecule has 0 radical (unpaired) electrons. The molecule has 8 heteroatoms. The molecule has 2 atom stereocenters. The summed E-state index contributed by atoms with van der Waals surface area (Å²) in [5.41, 5.74) is 2.39. The Balaban J connectivity index is 1.84. The highest BCUT2D eigenvalue weighted by molar-refractivity contribution is 7.07. The number of hydrogen-bond donors (Lipinski definition) is 2. The van der Waals surface area contributed by atoms with Crippen LogP contribution in [-0.2, 0) is 25.5 Å². The molecule has 1 fully saturated rings. The summed E-state index contributed by atoms with van der Waals surface area (Å²) in [6.07, 6.45) is 0.430. The molecule has 20 heavy (non-hydrogen) atoms. The van der Waals surface area contributed by atoms with Crippen LogP contribution in [0.3, 0.4) is 0 Å². The minimum Gasteiger partial charge on any atom is -0.480 e. The lowest BCUT2D eigenvalue weighted by Crippen LogP contribution is -2.51. The number of thiazole rings is 1. The summed E-state index contributed by atoms with van der Waals surface area (Å²) in [5.74, 6) is -1.20. The van der Waals surface area contributed by atoms with Gasteiger partial charge in [0.15, 0.2) is 0 Å². The highest BCUT2D eigenvalue weighted by Gasteiger charge is 2.28. The number of carboxylic acid groups (broad SMARTS) is 1. The first-order chi connectivity index (χ1) is 9.65. The molecule has 1 aromatic heterocycles. The van der Waals surface area contributed by atoms with Gasteiger partial charge in [0.1, 0.15) is 6.61 Å². The van der Waals surface area contributed by atoms with E-state index in [0.29, 0.717) is 25.3 Å². The summed E-state index contributed by atoms with van der Waals surface area (Å²) < 4.78 is 10.6. The van der Waals surface area contributed by atoms with E-state index in [1.54, 1.807) is 5.51 Å². The van der Waals surface area contributed by atoms with E-state index >= 15 is 0 Å². The number of carbonyl (C=O) groups excluding carboxylic acids is 1. The molecule has 110 valence electrons. The van der Waals surface area contributed by atoms with Crippen molar-refractivity contribution in [3.8, 4) is 0 Å². The molecule has 2 rings (SSSR count). The zero-order chi connectivity index (χ0) is 14.4. The van der Waals surface area contributed by atoms with Gasteiger partial charge < -0.3 is 19.9 Å². The molecule has 0 aromatic carbocycles. The lowest BCUT2D eigenvalue weighted by Gasteiger charge is -2.31. The van der Waals surface area contributed by atoms with E-state index in [1.165, 1.54) is 11.3 Å². The molecule has 1 saturated heterocycles. The van der Waals surface area contributed by atoms with Crippen molar-refractivity contribution in [3.05, 3.63) is 16.6 Å². The Bertz CT molecular complexity index is 451. The largest absolute Gasteiger partial charge is 0.480 e. The van der Waals surface area contributed by atoms with E-state index in [-0.39, 0.29) is 31.1 Å². The van der Waals surface area contributed by atoms with E-state index in [1.807, 2.05) is 5.38 Å². The number of nitrogens with one attached hydrogen (secondary N) is 1. The third-order valence-electron chi connectivity index (χ3n) is 2.89. The lowest BCUT2D eigenvalue weighted by atomic mass is 10.1. The number of nitrogens with zero attached hydrogens (tertiary/aromatic N) is 1. The van der Waals surface area contributed by atoms with Crippen LogP contribution in [0.5, 0.6) is 0 Å². The van der Waals surface area contributed by atoms with Crippen LogP contribution in [0.2, 0.25) is 0 Å². The Morgan fingerprint density at radius 1 is 1.60 bits per heavy atom. The highest BCUT2D eigenvalue weighted by Crippen LogP contribution is 2.12. The van der Waals surface area contributed by atoms with Crippen LogP contribution in [0.25, 0.3) is 0 Å². The number of ether oxygens (including phenoxy) is 2. The summed E-state index contributed by atoms with van der Waals surface area (Å²) >= 11 is 1.43. The zero-order valence-corrected chi connectivity index (χ0v) is 11.6. The smallest absolute Gasteiger partial charge is 0.329 e. The van der Waals surface area contributed by atoms with Crippen molar-refractivity contribution < 1.29 is 24.2 Å². The van der Waals surface area contributed by atoms with Crippen molar-refractivity contribution in [3.63, 3.8) is 0 Å². The standard InChI is InChI=1S/C12H16N2O5S/c15-11(3-8-6-20-7-13-8)14-9-4-18-2-1-10(9)19-5-12(16)17/h6-7,9-10H,1-5H2,(H,14,15)(H,16,17)/t9-,10+/m1/s1. The maximum absolute atomic E-state index is 11.9. The summed E-state index contributed by atoms with van der Waals surface area (Å²) in [4.78, 5) is 26.5. The van der Waals surface area contributed by atoms with E-state index in [9.17, 15) is 9.59 Å². The molecule has 2 heterocycles. The number of carbonyl (C=O) groups is 2. The fraction of sp³-hybridized carbons (Fsp3) is 0.583. The number of amides is 1. The van der Waals surface area contributed by atoms with Gasteiger partial charge >= 0.3 is 5.97 Å². The minimum absolute atomic E-state index is 0.171. The predicted octanol–water partition coefficient (Wildman–Crippen LogP) is 0.0605. The van der Waals surface area contributed by atoms with Crippen LogP contribution in [-0.4, -0.2) is 53.9 Å². The van der Waals surface area contributed by atoms with Crippen molar-refractivity contribution in [2.75, 3.05) is 19.8 Å². The Kier molecular flexibility index (Phi) is 5.45. The second-order valence-corrected chi connectivity index (χ2v) is 5.16. The van der Waals surface area contributed by atoms with E-state index in [0.717, 1.165) is 0 Å². The monoisotopic (exact) mass is 300 g/mol. The summed E-state index contributed by atoms with van der Waals surface area (Å²) in [5, 5.41) is 13.3. The maximum atomic E-state index is 11.9. The maximum Gasteiger partial charge on any atom is 0.329 e. The molecule has 1 aromatic rings. The fourth-order valence-electron chi connectivity index (χ4n) is 1.98. The number of rotatable bonds is 6. The van der Waals surface area contributed by atoms with Gasteiger partial charge in [0.25, 0.3) is 0 Å². The number of hydrogen-bond acceptors (Lipinski definition) is 6. The molecule has 1 aliphatic heterocycles. The van der Waals surface area contributed by atoms with Gasteiger partial charge in [-0.05, 0) is 6.42 Å². The van der Waals surface area contributed by atoms with Crippen molar-refractivity contribution in [2.45, 2.75) is 25.0 Å². The predicted molar refractivity (Wildman–Crippen MR) is 70.6 cm³/mol. The number of aliphatic carboxylic acids is 1. The third kappa shape index (κ3) is 4.55. The van der Waals surface area contributed by atoms with E-state index in [4.69, 9.17) is 14.6 Å². The number of aromatic nitrogens is 1. The Morgan fingerprint density at radius 2 is 2.45 bits per heavy atom. The van der Waals surface area contributed by atoms with Crippen LogP contribution in [0.4, 0.5) is 0 Å². The summed E-state index contributed by atoms with van der Waals surface area (Å²) in [6, 6.07) is -0.325. The van der Waals surface area contributed by atoms with Gasteiger partial charge in [0, 0.05) is 12.0 Å². The normalized spacial score (nSPS) is 22.4. The highest BCUT2D eigenvalue weighted by atomic mass is 32.1. The number of carboxylic acids is 1. The zero-order valence-electron chi connectivity index (χ0n) is 10.8. The quantitative estimate of drug-likeness (QED) is 0.771. The van der Waals surface area contributed by atoms with Gasteiger partial charge in [-0.2, -0.15) is 0 Å². The van der Waals surface area contributed by atoms with Gasteiger partial charge in [0.2, 0.25) is 5.91 Å². The average Bonchev–Trinajstić information content (AvgIpc) is 2.90. The van der Waals surface area contributed by atoms with Gasteiger partial charge in [-0.1, -0.05) is 0 Å². The molecule has 0 aliphatic carbocycles. The first-order valence-electron chi connectivity index (χ1n) is 6.22. The molecular formula is C12H16N2O5S. The van der Waals surface area contributed by atoms with Crippen LogP contribution >= 0.6 is 11.3 Å². The van der Waals surface area contributed by atoms with Gasteiger partial charge in [-0.25, -0.2) is 9.78 Å². The first kappa shape index (κ1) is 14.9. The summed E-state index contributed by atoms with van der Waals surface area (Å²) in [6.45, 7) is 0.457. The van der Waals surface area contributed by atoms with E-state index < -0.39 is 5.97 Å². The molecule has 0 unspecified atom stereocenters. The Morgan fingerprint density at radius 3 is 3.15 bits per heavy atom. The topological polar surface area (TPSA) is 97.8 Å². The van der Waals surface area contributed by atoms with Crippen molar-refractivity contribution >= 4 is 23.2 Å². The molecular weight excluding hydrogens is 284 g/mol. The SMILES string of the molecule is O=C(O)CO[C@H]1CCOC[C@H]1NC(=O)Cc1cscn1. The molecule has 0 bridgehead atoms. The van der Waals surface area contributed by atoms with Crippen LogP contribution in [0.15, 0.2) is 10.9 Å². The average molecular weight is 300 g/mol. The Labute approximate surface area is 119 Å². The first-order valence-corrected chi connectivity index (χ1v) is 7.17. The summed E-state index contributed by atoms with van der Waals surface area (Å²) in [7, 11) is 0. The molecule has 1 aliphatic rings. The van der Waals surface area contributed by atoms with Crippen LogP contribution in [0.1, 0.15) is 12.1 Å². The lowest BCUT2D eigenvalue weighted by molar-refractivity contribution is -0.148. The molecule has 2 N–H and O–H groups in total. The third-order valence-corrected chi connectivity index (χ3v) is 3.52. The van der Waals surface area contributed by atoms with Crippen molar-refractivity contribution in [1.29, 1.82) is 0 Å². The van der Waals surface area contributed by atoms with Crippen molar-refractivity contribution in [1.82, 2.24) is 10.3 Å². The van der Waals surface area contributed by atoms with E-state index in [2.05, 4.69) is 10.3 Å². The molecule has 0 spiro atoms. The second kappa shape index (κ2) is 7.32. The Hall–Kier alpha value is -1.51. The molecule has 0 saturated carbocycles.